The van der Waals surface area contributed by atoms with E-state index in [4.69, 9.17) is 32.2 Å². The molecule has 0 saturated carbocycles. The van der Waals surface area contributed by atoms with E-state index in [1.807, 2.05) is 26.0 Å². The van der Waals surface area contributed by atoms with Gasteiger partial charge in [-0.15, -0.1) is 0 Å². The molecule has 1 atom stereocenters. The van der Waals surface area contributed by atoms with Crippen LogP contribution in [0.15, 0.2) is 24.3 Å². The number of nitrogens with one attached hydrogen (secondary N) is 1. The molecule has 0 radical (unpaired) electrons. The highest BCUT2D eigenvalue weighted by molar-refractivity contribution is 7.71. The van der Waals surface area contributed by atoms with Crippen LogP contribution in [0.5, 0.6) is 5.75 Å². The first-order valence-corrected chi connectivity index (χ1v) is 8.66. The van der Waals surface area contributed by atoms with E-state index in [2.05, 4.69) is 4.98 Å². The lowest BCUT2D eigenvalue weighted by atomic mass is 9.97. The van der Waals surface area contributed by atoms with E-state index in [1.54, 1.807) is 24.3 Å². The van der Waals surface area contributed by atoms with Crippen molar-refractivity contribution in [2.45, 2.75) is 25.7 Å². The molecule has 0 amide bonds. The van der Waals surface area contributed by atoms with Crippen LogP contribution in [0.4, 0.5) is 5.82 Å². The van der Waals surface area contributed by atoms with Gasteiger partial charge in [0.1, 0.15) is 46.6 Å². The molecule has 2 heterocycles. The average molecular weight is 382 g/mol. The zero-order valence-electron chi connectivity index (χ0n) is 14.9. The van der Waals surface area contributed by atoms with Gasteiger partial charge in [-0.3, -0.25) is 0 Å². The highest BCUT2D eigenvalue weighted by Gasteiger charge is 2.32. The van der Waals surface area contributed by atoms with E-state index in [0.717, 1.165) is 0 Å². The maximum absolute atomic E-state index is 9.44. The van der Waals surface area contributed by atoms with E-state index in [1.165, 1.54) is 0 Å². The van der Waals surface area contributed by atoms with Gasteiger partial charge < -0.3 is 24.9 Å². The molecule has 1 aliphatic heterocycles. The van der Waals surface area contributed by atoms with Crippen molar-refractivity contribution in [2.75, 3.05) is 18.9 Å². The number of ether oxygens (including phenoxy) is 3. The van der Waals surface area contributed by atoms with Gasteiger partial charge >= 0.3 is 0 Å². The summed E-state index contributed by atoms with van der Waals surface area (Å²) in [6.07, 6.45) is -0.137. The highest BCUT2D eigenvalue weighted by atomic mass is 32.1. The number of hydrogen-bond acceptors (Lipinski definition) is 7. The van der Waals surface area contributed by atoms with E-state index >= 15 is 0 Å². The van der Waals surface area contributed by atoms with Crippen molar-refractivity contribution in [2.24, 2.45) is 0 Å². The number of pyridine rings is 1. The number of nitrogens with zero attached hydrogens (tertiary/aromatic N) is 2. The summed E-state index contributed by atoms with van der Waals surface area (Å²) in [6.45, 7) is 4.55. The molecule has 1 aromatic carbocycles. The number of hydrogen-bond donors (Lipinski definition) is 2. The summed E-state index contributed by atoms with van der Waals surface area (Å²) in [7, 11) is 0. The Balaban J connectivity index is 1.84. The number of H-pyrrole nitrogens is 1. The number of nitriles is 2. The van der Waals surface area contributed by atoms with Gasteiger partial charge in [-0.05, 0) is 31.5 Å². The average Bonchev–Trinajstić information content (AvgIpc) is 2.99. The number of aromatic amines is 1. The monoisotopic (exact) mass is 382 g/mol. The van der Waals surface area contributed by atoms with Crippen LogP contribution in [0.3, 0.4) is 0 Å². The summed E-state index contributed by atoms with van der Waals surface area (Å²) in [5.74, 6) is 0.182. The summed E-state index contributed by atoms with van der Waals surface area (Å²) in [6, 6.07) is 11.1. The molecule has 1 saturated heterocycles. The second-order valence-electron chi connectivity index (χ2n) is 6.50. The molecule has 8 heteroatoms. The molecule has 27 heavy (non-hydrogen) atoms. The second kappa shape index (κ2) is 7.37. The number of nitrogens with two attached hydrogens (primary N) is 1. The van der Waals surface area contributed by atoms with E-state index < -0.39 is 5.79 Å². The maximum Gasteiger partial charge on any atom is 0.163 e. The SMILES string of the molecule is CC1(C)OC[C@@H](COc2ccc(-c3c(C#N)c(N)[nH]c(=S)c3C#N)cc2)O1. The molecule has 0 aliphatic carbocycles. The lowest BCUT2D eigenvalue weighted by Crippen LogP contribution is -2.25. The molecule has 0 bridgehead atoms. The topological polar surface area (TPSA) is 117 Å². The molecule has 1 aliphatic rings. The van der Waals surface area contributed by atoms with Crippen molar-refractivity contribution >= 4 is 18.0 Å². The summed E-state index contributed by atoms with van der Waals surface area (Å²) >= 11 is 5.16. The van der Waals surface area contributed by atoms with E-state index in [-0.39, 0.29) is 27.7 Å². The third kappa shape index (κ3) is 3.93. The van der Waals surface area contributed by atoms with Crippen LogP contribution in [-0.4, -0.2) is 30.1 Å². The quantitative estimate of drug-likeness (QED) is 0.779. The van der Waals surface area contributed by atoms with Gasteiger partial charge in [0.2, 0.25) is 0 Å². The van der Waals surface area contributed by atoms with Crippen LogP contribution in [0, 0.1) is 27.3 Å². The van der Waals surface area contributed by atoms with Gasteiger partial charge in [-0.2, -0.15) is 10.5 Å². The molecule has 0 unspecified atom stereocenters. The van der Waals surface area contributed by atoms with Gasteiger partial charge in [0.15, 0.2) is 5.79 Å². The number of anilines is 1. The van der Waals surface area contributed by atoms with Crippen molar-refractivity contribution in [1.82, 2.24) is 4.98 Å². The Morgan fingerprint density at radius 2 is 1.93 bits per heavy atom. The fourth-order valence-corrected chi connectivity index (χ4v) is 3.14. The minimum Gasteiger partial charge on any atom is -0.491 e. The van der Waals surface area contributed by atoms with Crippen molar-refractivity contribution in [3.05, 3.63) is 40.0 Å². The van der Waals surface area contributed by atoms with Crippen LogP contribution < -0.4 is 10.5 Å². The molecular formula is C19H18N4O3S. The standard InChI is InChI=1S/C19H18N4O3S/c1-19(2)25-10-13(26-19)9-24-12-5-3-11(4-6-12)16-14(7-20)17(22)23-18(27)15(16)8-21/h3-6,13H,9-10H2,1-2H3,(H3,22,23,27)/t13-/m1/s1. The predicted molar refractivity (Wildman–Crippen MR) is 101 cm³/mol. The maximum atomic E-state index is 9.44. The Morgan fingerprint density at radius 3 is 2.48 bits per heavy atom. The summed E-state index contributed by atoms with van der Waals surface area (Å²) < 4.78 is 17.2. The molecule has 138 valence electrons. The van der Waals surface area contributed by atoms with Crippen LogP contribution in [0.1, 0.15) is 25.0 Å². The number of aromatic nitrogens is 1. The Hall–Kier alpha value is -2.91. The van der Waals surface area contributed by atoms with Crippen molar-refractivity contribution in [1.29, 1.82) is 10.5 Å². The molecular weight excluding hydrogens is 364 g/mol. The fourth-order valence-electron chi connectivity index (χ4n) is 2.88. The first kappa shape index (κ1) is 18.9. The van der Waals surface area contributed by atoms with Gasteiger partial charge in [-0.25, -0.2) is 0 Å². The Kier molecular flexibility index (Phi) is 5.15. The van der Waals surface area contributed by atoms with Crippen LogP contribution in [0.2, 0.25) is 0 Å². The van der Waals surface area contributed by atoms with Gasteiger partial charge in [0.25, 0.3) is 0 Å². The smallest absolute Gasteiger partial charge is 0.163 e. The zero-order valence-corrected chi connectivity index (χ0v) is 15.7. The van der Waals surface area contributed by atoms with E-state index in [0.29, 0.717) is 30.1 Å². The van der Waals surface area contributed by atoms with Gasteiger partial charge in [0, 0.05) is 5.56 Å². The van der Waals surface area contributed by atoms with Gasteiger partial charge in [-0.1, -0.05) is 24.4 Å². The largest absolute Gasteiger partial charge is 0.491 e. The van der Waals surface area contributed by atoms with Crippen LogP contribution in [-0.2, 0) is 9.47 Å². The molecule has 7 nitrogen and oxygen atoms in total. The molecule has 2 aromatic rings. The number of benzene rings is 1. The third-order valence-corrected chi connectivity index (χ3v) is 4.42. The predicted octanol–water partition coefficient (Wildman–Crippen LogP) is 3.27. The van der Waals surface area contributed by atoms with E-state index in [9.17, 15) is 10.5 Å². The highest BCUT2D eigenvalue weighted by Crippen LogP contribution is 2.32. The third-order valence-electron chi connectivity index (χ3n) is 4.11. The molecule has 3 rings (SSSR count). The molecule has 1 fully saturated rings. The molecule has 3 N–H and O–H groups in total. The Bertz CT molecular complexity index is 1000. The van der Waals surface area contributed by atoms with Crippen molar-refractivity contribution in [3.63, 3.8) is 0 Å². The lowest BCUT2D eigenvalue weighted by Gasteiger charge is -2.17. The first-order chi connectivity index (χ1) is 12.8. The van der Waals surface area contributed by atoms with Crippen LogP contribution in [0.25, 0.3) is 11.1 Å². The summed E-state index contributed by atoms with van der Waals surface area (Å²) in [5.41, 5.74) is 7.33. The summed E-state index contributed by atoms with van der Waals surface area (Å²) in [4.78, 5) is 2.69. The van der Waals surface area contributed by atoms with Gasteiger partial charge in [0.05, 0.1) is 12.2 Å². The molecule has 1 aromatic heterocycles. The lowest BCUT2D eigenvalue weighted by molar-refractivity contribution is -0.141. The molecule has 0 spiro atoms. The van der Waals surface area contributed by atoms with Crippen LogP contribution >= 0.6 is 12.2 Å². The normalized spacial score (nSPS) is 17.9. The fraction of sp³-hybridized carbons (Fsp3) is 0.316. The number of rotatable bonds is 4. The minimum absolute atomic E-state index is 0.137. The Labute approximate surface area is 161 Å². The Morgan fingerprint density at radius 1 is 1.26 bits per heavy atom. The zero-order chi connectivity index (χ0) is 19.6. The van der Waals surface area contributed by atoms with Crippen molar-refractivity contribution in [3.8, 4) is 29.0 Å². The van der Waals surface area contributed by atoms with Crippen molar-refractivity contribution < 1.29 is 14.2 Å². The first-order valence-electron chi connectivity index (χ1n) is 8.25. The second-order valence-corrected chi connectivity index (χ2v) is 6.91. The minimum atomic E-state index is -0.592. The summed E-state index contributed by atoms with van der Waals surface area (Å²) in [5, 5.41) is 18.9. The number of nitrogen functional groups attached to an aromatic ring is 1.